The van der Waals surface area contributed by atoms with E-state index in [4.69, 9.17) is 19.6 Å². The molecule has 3 amide bonds. The Hall–Kier alpha value is -6.58. The number of nitrogens with one attached hydrogen (secondary N) is 4. The number of carbonyl (C=O) groups excluding carboxylic acids is 3. The second kappa shape index (κ2) is 17.1. The minimum atomic E-state index is -4.55. The Morgan fingerprint density at radius 1 is 0.966 bits per heavy atom. The van der Waals surface area contributed by atoms with Gasteiger partial charge >= 0.3 is 5.97 Å². The molecular formula is C44H43N5O9S. The van der Waals surface area contributed by atoms with Crippen molar-refractivity contribution >= 4 is 50.3 Å². The smallest absolute Gasteiger partial charge is 0.303 e. The highest BCUT2D eigenvalue weighted by Gasteiger charge is 2.61. The molecule has 7 rings (SSSR count). The van der Waals surface area contributed by atoms with Crippen LogP contribution in [0.1, 0.15) is 30.4 Å². The molecule has 2 fully saturated rings. The zero-order chi connectivity index (χ0) is 41.7. The molecule has 1 saturated heterocycles. The number of aryl methyl sites for hydroxylation is 1. The lowest BCUT2D eigenvalue weighted by Gasteiger charge is -2.21. The molecule has 0 unspecified atom stereocenters. The number of hydrogen-bond acceptors (Lipinski definition) is 10. The van der Waals surface area contributed by atoms with Gasteiger partial charge in [0.15, 0.2) is 0 Å². The van der Waals surface area contributed by atoms with E-state index in [1.165, 1.54) is 24.3 Å². The highest BCUT2D eigenvalue weighted by Crippen LogP contribution is 2.45. The Morgan fingerprint density at radius 2 is 1.73 bits per heavy atom. The van der Waals surface area contributed by atoms with Crippen LogP contribution in [0.3, 0.4) is 0 Å². The molecule has 304 valence electrons. The number of para-hydroxylation sites is 1. The SMILES string of the molecule is C=C[C@@H]1C[C@@]1(NC(=O)[C@@H]1C[C@@H](Oc2cc(-c3ccccc3)nc3cc(OC)ccc23)CN1)C(=O)NS(=O)(=O)c1ccccc1NC(=O)Cc1cccc(CCC(=O)O)c1. The van der Waals surface area contributed by atoms with Crippen LogP contribution in [0.2, 0.25) is 0 Å². The molecular weight excluding hydrogens is 775 g/mol. The number of hydrogen-bond donors (Lipinski definition) is 5. The van der Waals surface area contributed by atoms with E-state index in [0.717, 1.165) is 16.5 Å². The molecule has 15 heteroatoms. The molecule has 1 aliphatic carbocycles. The molecule has 5 aromatic rings. The van der Waals surface area contributed by atoms with Gasteiger partial charge in [-0.1, -0.05) is 72.8 Å². The molecule has 0 spiro atoms. The monoisotopic (exact) mass is 817 g/mol. The van der Waals surface area contributed by atoms with Gasteiger partial charge < -0.3 is 30.5 Å². The van der Waals surface area contributed by atoms with Gasteiger partial charge in [0.1, 0.15) is 28.0 Å². The van der Waals surface area contributed by atoms with E-state index in [2.05, 4.69) is 27.3 Å². The third-order valence-corrected chi connectivity index (χ3v) is 11.9. The summed E-state index contributed by atoms with van der Waals surface area (Å²) in [6.07, 6.45) is 1.60. The number of sulfonamides is 1. The molecule has 5 N–H and O–H groups in total. The van der Waals surface area contributed by atoms with Crippen molar-refractivity contribution in [3.8, 4) is 22.8 Å². The van der Waals surface area contributed by atoms with Crippen LogP contribution in [-0.2, 0) is 42.0 Å². The first kappa shape index (κ1) is 40.6. The number of amides is 3. The van der Waals surface area contributed by atoms with Crippen LogP contribution < -0.4 is 30.1 Å². The fraction of sp³-hybridized carbons (Fsp3) is 0.250. The van der Waals surface area contributed by atoms with Crippen molar-refractivity contribution in [3.05, 3.63) is 127 Å². The first-order valence-electron chi connectivity index (χ1n) is 19.0. The second-order valence-corrected chi connectivity index (χ2v) is 16.2. The van der Waals surface area contributed by atoms with E-state index in [-0.39, 0.29) is 36.3 Å². The number of benzene rings is 4. The van der Waals surface area contributed by atoms with Crippen LogP contribution in [-0.4, -0.2) is 73.5 Å². The average molecular weight is 818 g/mol. The summed E-state index contributed by atoms with van der Waals surface area (Å²) in [6, 6.07) is 28.9. The molecule has 4 aromatic carbocycles. The summed E-state index contributed by atoms with van der Waals surface area (Å²) < 4.78 is 41.5. The van der Waals surface area contributed by atoms with Gasteiger partial charge in [0.05, 0.1) is 36.5 Å². The van der Waals surface area contributed by atoms with E-state index in [1.807, 2.05) is 54.6 Å². The van der Waals surface area contributed by atoms with Crippen molar-refractivity contribution in [1.82, 2.24) is 20.3 Å². The van der Waals surface area contributed by atoms with Crippen molar-refractivity contribution < 1.29 is 42.2 Å². The number of carboxylic acid groups (broad SMARTS) is 1. The van der Waals surface area contributed by atoms with Crippen LogP contribution in [0.5, 0.6) is 11.5 Å². The largest absolute Gasteiger partial charge is 0.497 e. The lowest BCUT2D eigenvalue weighted by atomic mass is 10.0. The number of carbonyl (C=O) groups is 4. The van der Waals surface area contributed by atoms with Crippen molar-refractivity contribution in [2.75, 3.05) is 19.0 Å². The van der Waals surface area contributed by atoms with Crippen molar-refractivity contribution in [2.45, 2.75) is 54.7 Å². The molecule has 14 nitrogen and oxygen atoms in total. The zero-order valence-electron chi connectivity index (χ0n) is 32.1. The summed E-state index contributed by atoms with van der Waals surface area (Å²) in [5.74, 6) is -2.20. The van der Waals surface area contributed by atoms with Gasteiger partial charge in [-0.3, -0.25) is 19.2 Å². The number of nitrogens with zero attached hydrogens (tertiary/aromatic N) is 1. The maximum Gasteiger partial charge on any atom is 0.303 e. The summed E-state index contributed by atoms with van der Waals surface area (Å²) in [5.41, 5.74) is 2.02. The summed E-state index contributed by atoms with van der Waals surface area (Å²) in [6.45, 7) is 4.11. The molecule has 1 aromatic heterocycles. The van der Waals surface area contributed by atoms with Crippen LogP contribution in [0.15, 0.2) is 121 Å². The maximum atomic E-state index is 13.8. The molecule has 4 atom stereocenters. The van der Waals surface area contributed by atoms with Crippen LogP contribution in [0.25, 0.3) is 22.2 Å². The topological polar surface area (TPSA) is 202 Å². The Labute approximate surface area is 341 Å². The number of aliphatic carboxylic acids is 1. The molecule has 2 aliphatic rings. The molecule has 2 heterocycles. The normalized spacial score (nSPS) is 19.6. The number of fused-ring (bicyclic) bond motifs is 1. The van der Waals surface area contributed by atoms with Crippen LogP contribution in [0, 0.1) is 5.92 Å². The lowest BCUT2D eigenvalue weighted by molar-refractivity contribution is -0.137. The summed E-state index contributed by atoms with van der Waals surface area (Å²) in [7, 11) is -2.97. The standard InChI is InChI=1S/C44H43N5O9S/c1-3-30-25-44(30,43(54)49-59(55,56)39-15-8-7-14-34(39)47-40(50)21-28-11-9-10-27(20-28)16-19-41(51)52)48-42(53)37-23-32(26-45-37)58-38-24-35(29-12-5-4-6-13-29)46-36-22-31(57-2)17-18-33(36)38/h3-15,17-18,20,22,24,30,32,37,45H,1,16,19,21,23,25-26H2,2H3,(H,47,50)(H,48,53)(H,49,54)(H,51,52)/t30-,32-,37+,44+/m1/s1. The van der Waals surface area contributed by atoms with Gasteiger partial charge in [-0.05, 0) is 48.2 Å². The van der Waals surface area contributed by atoms with Crippen molar-refractivity contribution in [3.63, 3.8) is 0 Å². The van der Waals surface area contributed by atoms with Crippen LogP contribution in [0.4, 0.5) is 5.69 Å². The van der Waals surface area contributed by atoms with E-state index >= 15 is 0 Å². The molecule has 0 bridgehead atoms. The minimum absolute atomic E-state index is 0.0489. The fourth-order valence-corrected chi connectivity index (χ4v) is 8.47. The van der Waals surface area contributed by atoms with Gasteiger partial charge in [0.25, 0.3) is 15.9 Å². The Kier molecular flexibility index (Phi) is 11.8. The predicted octanol–water partition coefficient (Wildman–Crippen LogP) is 4.78. The Morgan fingerprint density at radius 3 is 2.47 bits per heavy atom. The van der Waals surface area contributed by atoms with E-state index in [0.29, 0.717) is 41.2 Å². The van der Waals surface area contributed by atoms with Crippen LogP contribution >= 0.6 is 0 Å². The average Bonchev–Trinajstić information content (AvgIpc) is 3.75. The third-order valence-electron chi connectivity index (χ3n) is 10.5. The zero-order valence-corrected chi connectivity index (χ0v) is 33.0. The number of carboxylic acids is 1. The van der Waals surface area contributed by atoms with Gasteiger partial charge in [-0.2, -0.15) is 0 Å². The van der Waals surface area contributed by atoms with Gasteiger partial charge in [0.2, 0.25) is 11.8 Å². The Bertz CT molecular complexity index is 2550. The number of rotatable bonds is 16. The van der Waals surface area contributed by atoms with Gasteiger partial charge in [0, 0.05) is 48.4 Å². The third kappa shape index (κ3) is 9.27. The second-order valence-electron chi connectivity index (χ2n) is 14.6. The fourth-order valence-electron chi connectivity index (χ4n) is 7.27. The van der Waals surface area contributed by atoms with Gasteiger partial charge in [-0.15, -0.1) is 6.58 Å². The first-order valence-corrected chi connectivity index (χ1v) is 20.5. The number of ether oxygens (including phenoxy) is 2. The minimum Gasteiger partial charge on any atom is -0.497 e. The summed E-state index contributed by atoms with van der Waals surface area (Å²) >= 11 is 0. The quantitative estimate of drug-likeness (QED) is 0.0858. The summed E-state index contributed by atoms with van der Waals surface area (Å²) in [4.78, 5) is 56.1. The molecule has 1 aliphatic heterocycles. The van der Waals surface area contributed by atoms with E-state index < -0.39 is 57.3 Å². The highest BCUT2D eigenvalue weighted by atomic mass is 32.2. The number of anilines is 1. The highest BCUT2D eigenvalue weighted by molar-refractivity contribution is 7.90. The maximum absolute atomic E-state index is 13.8. The Balaban J connectivity index is 1.01. The van der Waals surface area contributed by atoms with E-state index in [9.17, 15) is 27.6 Å². The molecule has 1 saturated carbocycles. The number of aromatic nitrogens is 1. The number of methoxy groups -OCH3 is 1. The lowest BCUT2D eigenvalue weighted by Crippen LogP contribution is -2.55. The van der Waals surface area contributed by atoms with Crippen molar-refractivity contribution in [1.29, 1.82) is 0 Å². The predicted molar refractivity (Wildman–Crippen MR) is 220 cm³/mol. The number of pyridine rings is 1. The molecule has 59 heavy (non-hydrogen) atoms. The van der Waals surface area contributed by atoms with Crippen molar-refractivity contribution in [2.24, 2.45) is 5.92 Å². The van der Waals surface area contributed by atoms with E-state index in [1.54, 1.807) is 37.4 Å². The van der Waals surface area contributed by atoms with Gasteiger partial charge in [-0.25, -0.2) is 18.1 Å². The summed E-state index contributed by atoms with van der Waals surface area (Å²) in [5, 5.41) is 18.4. The molecule has 0 radical (unpaired) electrons. The first-order chi connectivity index (χ1) is 28.4.